The lowest BCUT2D eigenvalue weighted by atomic mass is 9.87. The van der Waals surface area contributed by atoms with Gasteiger partial charge in [0.1, 0.15) is 13.2 Å². The van der Waals surface area contributed by atoms with Crippen LogP contribution in [0.25, 0.3) is 0 Å². The molecule has 1 aliphatic carbocycles. The van der Waals surface area contributed by atoms with Gasteiger partial charge in [0.25, 0.3) is 0 Å². The molecular formula is C25H30O9S. The minimum atomic E-state index is -0.733. The van der Waals surface area contributed by atoms with Gasteiger partial charge in [-0.1, -0.05) is 30.0 Å². The van der Waals surface area contributed by atoms with E-state index in [1.807, 2.05) is 24.3 Å². The van der Waals surface area contributed by atoms with E-state index in [0.29, 0.717) is 43.3 Å². The summed E-state index contributed by atoms with van der Waals surface area (Å²) in [6, 6.07) is 7.67. The Morgan fingerprint density at radius 1 is 0.800 bits per heavy atom. The van der Waals surface area contributed by atoms with Crippen LogP contribution in [-0.4, -0.2) is 84.8 Å². The van der Waals surface area contributed by atoms with Crippen LogP contribution >= 0.6 is 11.8 Å². The molecule has 9 nitrogen and oxygen atoms in total. The summed E-state index contributed by atoms with van der Waals surface area (Å²) >= 11 is 1.30. The van der Waals surface area contributed by atoms with Crippen molar-refractivity contribution >= 4 is 29.5 Å². The van der Waals surface area contributed by atoms with Crippen LogP contribution in [0.15, 0.2) is 50.8 Å². The Labute approximate surface area is 208 Å². The number of hydrogen-bond acceptors (Lipinski definition) is 10. The van der Waals surface area contributed by atoms with Crippen molar-refractivity contribution in [3.63, 3.8) is 0 Å². The third-order valence-electron chi connectivity index (χ3n) is 5.26. The lowest BCUT2D eigenvalue weighted by Gasteiger charge is -2.27. The molecule has 10 heteroatoms. The summed E-state index contributed by atoms with van der Waals surface area (Å²) in [4.78, 5) is 40.5. The van der Waals surface area contributed by atoms with Gasteiger partial charge in [0.15, 0.2) is 5.78 Å². The summed E-state index contributed by atoms with van der Waals surface area (Å²) in [6.45, 7) is 1.93. The van der Waals surface area contributed by atoms with E-state index in [-0.39, 0.29) is 49.8 Å². The van der Waals surface area contributed by atoms with E-state index < -0.39 is 11.9 Å². The maximum absolute atomic E-state index is 13.2. The van der Waals surface area contributed by atoms with Gasteiger partial charge in [0.05, 0.1) is 50.8 Å². The van der Waals surface area contributed by atoms with Crippen molar-refractivity contribution in [2.24, 2.45) is 0 Å². The maximum atomic E-state index is 13.2. The van der Waals surface area contributed by atoms with Crippen molar-refractivity contribution in [3.05, 3.63) is 51.5 Å². The van der Waals surface area contributed by atoms with Gasteiger partial charge in [0, 0.05) is 42.4 Å². The van der Waals surface area contributed by atoms with Crippen LogP contribution < -0.4 is 0 Å². The van der Waals surface area contributed by atoms with Gasteiger partial charge < -0.3 is 28.4 Å². The summed E-state index contributed by atoms with van der Waals surface area (Å²) in [6.07, 6.45) is 0.170. The number of fused-ring (bicyclic) bond motifs is 1. The van der Waals surface area contributed by atoms with E-state index in [2.05, 4.69) is 0 Å². The first-order chi connectivity index (χ1) is 17.1. The Morgan fingerprint density at radius 3 is 2.06 bits per heavy atom. The lowest BCUT2D eigenvalue weighted by molar-refractivity contribution is -0.144. The SMILES string of the molecule is COCCOCCOC(=O)C1=C(C(=O)OCCOCCOC)C2=C(Cc3ccccc3S2)C(=O)C1. The van der Waals surface area contributed by atoms with Crippen LogP contribution in [0, 0.1) is 0 Å². The van der Waals surface area contributed by atoms with Gasteiger partial charge in [-0.05, 0) is 11.6 Å². The van der Waals surface area contributed by atoms with Crippen LogP contribution in [0.2, 0.25) is 0 Å². The van der Waals surface area contributed by atoms with E-state index in [9.17, 15) is 14.4 Å². The van der Waals surface area contributed by atoms with Crippen molar-refractivity contribution in [3.8, 4) is 0 Å². The fourth-order valence-electron chi connectivity index (χ4n) is 3.54. The van der Waals surface area contributed by atoms with Crippen molar-refractivity contribution in [1.29, 1.82) is 0 Å². The number of thioether (sulfide) groups is 1. The smallest absolute Gasteiger partial charge is 0.339 e. The Bertz CT molecular complexity index is 983. The Morgan fingerprint density at radius 2 is 1.40 bits per heavy atom. The molecule has 0 saturated carbocycles. The van der Waals surface area contributed by atoms with Crippen molar-refractivity contribution in [1.82, 2.24) is 0 Å². The fourth-order valence-corrected chi connectivity index (χ4v) is 4.79. The zero-order valence-electron chi connectivity index (χ0n) is 20.0. The molecule has 1 aromatic carbocycles. The Hall–Kier alpha value is -2.50. The molecule has 0 saturated heterocycles. The van der Waals surface area contributed by atoms with Gasteiger partial charge in [-0.2, -0.15) is 0 Å². The highest BCUT2D eigenvalue weighted by molar-refractivity contribution is 8.03. The number of rotatable bonds is 14. The average Bonchev–Trinajstić information content (AvgIpc) is 2.86. The molecule has 1 heterocycles. The summed E-state index contributed by atoms with van der Waals surface area (Å²) in [5, 5.41) is 0. The Balaban J connectivity index is 1.77. The number of ether oxygens (including phenoxy) is 6. The number of carbonyl (C=O) groups is 3. The van der Waals surface area contributed by atoms with Crippen LogP contribution in [0.5, 0.6) is 0 Å². The molecule has 0 N–H and O–H groups in total. The minimum Gasteiger partial charge on any atom is -0.460 e. The molecule has 1 aromatic rings. The van der Waals surface area contributed by atoms with Crippen LogP contribution in [-0.2, 0) is 49.2 Å². The summed E-state index contributed by atoms with van der Waals surface area (Å²) in [5.74, 6) is -1.62. The second kappa shape index (κ2) is 14.2. The maximum Gasteiger partial charge on any atom is 0.339 e. The second-order valence-corrected chi connectivity index (χ2v) is 8.68. The summed E-state index contributed by atoms with van der Waals surface area (Å²) < 4.78 is 31.2. The van der Waals surface area contributed by atoms with Gasteiger partial charge in [-0.15, -0.1) is 0 Å². The molecule has 1 aliphatic heterocycles. The molecule has 0 amide bonds. The molecule has 0 spiro atoms. The number of carbonyl (C=O) groups excluding carboxylic acids is 3. The first-order valence-corrected chi connectivity index (χ1v) is 12.1. The summed E-state index contributed by atoms with van der Waals surface area (Å²) in [5.41, 5.74) is 1.60. The van der Waals surface area contributed by atoms with Crippen LogP contribution in [0.1, 0.15) is 12.0 Å². The van der Waals surface area contributed by atoms with E-state index >= 15 is 0 Å². The highest BCUT2D eigenvalue weighted by Crippen LogP contribution is 2.46. The van der Waals surface area contributed by atoms with Crippen LogP contribution in [0.4, 0.5) is 0 Å². The molecule has 0 atom stereocenters. The first-order valence-electron chi connectivity index (χ1n) is 11.3. The normalized spacial score (nSPS) is 15.1. The van der Waals surface area contributed by atoms with Crippen molar-refractivity contribution < 1.29 is 42.8 Å². The van der Waals surface area contributed by atoms with Crippen molar-refractivity contribution in [2.75, 3.05) is 67.1 Å². The van der Waals surface area contributed by atoms with E-state index in [4.69, 9.17) is 28.4 Å². The molecule has 0 aromatic heterocycles. The molecule has 0 radical (unpaired) electrons. The number of hydrogen-bond donors (Lipinski definition) is 0. The van der Waals surface area contributed by atoms with Crippen LogP contribution in [0.3, 0.4) is 0 Å². The number of ketones is 1. The number of allylic oxidation sites excluding steroid dienone is 1. The number of esters is 2. The molecule has 190 valence electrons. The Kier molecular flexibility index (Phi) is 11.0. The molecular weight excluding hydrogens is 476 g/mol. The zero-order chi connectivity index (χ0) is 25.0. The third-order valence-corrected chi connectivity index (χ3v) is 6.54. The standard InChI is InChI=1S/C25H30O9S/c1-29-7-9-31-11-13-33-24(27)19-16-20(26)18-15-17-5-3-4-6-21(17)35-23(18)22(19)25(28)34-14-12-32-10-8-30-2/h3-6H,7-16H2,1-2H3. The lowest BCUT2D eigenvalue weighted by Crippen LogP contribution is -2.28. The fraction of sp³-hybridized carbons (Fsp3) is 0.480. The number of benzene rings is 1. The van der Waals surface area contributed by atoms with E-state index in [0.717, 1.165) is 10.5 Å². The molecule has 0 unspecified atom stereocenters. The quantitative estimate of drug-likeness (QED) is 0.276. The van der Waals surface area contributed by atoms with Gasteiger partial charge in [0.2, 0.25) is 0 Å². The predicted octanol–water partition coefficient (Wildman–Crippen LogP) is 2.27. The highest BCUT2D eigenvalue weighted by atomic mass is 32.2. The van der Waals surface area contributed by atoms with E-state index in [1.54, 1.807) is 14.2 Å². The largest absolute Gasteiger partial charge is 0.460 e. The average molecular weight is 507 g/mol. The molecule has 0 bridgehead atoms. The molecule has 2 aliphatic rings. The van der Waals surface area contributed by atoms with E-state index in [1.165, 1.54) is 11.8 Å². The zero-order valence-corrected chi connectivity index (χ0v) is 20.8. The topological polar surface area (TPSA) is 107 Å². The monoisotopic (exact) mass is 506 g/mol. The van der Waals surface area contributed by atoms with Crippen molar-refractivity contribution in [2.45, 2.75) is 17.7 Å². The highest BCUT2D eigenvalue weighted by Gasteiger charge is 2.38. The molecule has 0 fully saturated rings. The third kappa shape index (κ3) is 7.49. The van der Waals surface area contributed by atoms with Gasteiger partial charge in [-0.25, -0.2) is 9.59 Å². The van der Waals surface area contributed by atoms with Gasteiger partial charge >= 0.3 is 11.9 Å². The predicted molar refractivity (Wildman–Crippen MR) is 127 cm³/mol. The van der Waals surface area contributed by atoms with Gasteiger partial charge in [-0.3, -0.25) is 4.79 Å². The summed E-state index contributed by atoms with van der Waals surface area (Å²) in [7, 11) is 3.13. The number of Topliss-reactive ketones (excluding diaryl/α,β-unsaturated/α-hetero) is 1. The minimum absolute atomic E-state index is 0.000468. The molecule has 3 rings (SSSR count). The second-order valence-electron chi connectivity index (χ2n) is 7.63. The molecule has 35 heavy (non-hydrogen) atoms. The first kappa shape index (κ1) is 27.1. The number of methoxy groups -OCH3 is 2.